The fraction of sp³-hybridized carbons (Fsp3) is 0.944. The number of rotatable bonds is 69. The van der Waals surface area contributed by atoms with E-state index >= 15 is 0 Å². The van der Waals surface area contributed by atoms with Gasteiger partial charge in [-0.2, -0.15) is 0 Å². The predicted molar refractivity (Wildman–Crippen MR) is 367 cm³/mol. The maximum atomic E-state index is 13.0. The minimum Gasteiger partial charge on any atom is -0.462 e. The normalized spacial score (nSPS) is 14.5. The van der Waals surface area contributed by atoms with Crippen LogP contribution in [0.5, 0.6) is 0 Å². The molecule has 0 aliphatic carbocycles. The molecule has 0 saturated carbocycles. The zero-order valence-electron chi connectivity index (χ0n) is 59.5. The summed E-state index contributed by atoms with van der Waals surface area (Å²) in [6, 6.07) is 0. The first kappa shape index (κ1) is 89.1. The third-order valence-corrected chi connectivity index (χ3v) is 18.8. The van der Waals surface area contributed by atoms with Gasteiger partial charge in [0.25, 0.3) is 0 Å². The molecule has 0 aromatic heterocycles. The Hall–Kier alpha value is -1.94. The molecule has 3 unspecified atom stereocenters. The number of phosphoric acid groups is 2. The number of esters is 4. The number of unbranched alkanes of at least 4 members (excludes halogenated alkanes) is 34. The number of carbonyl (C=O) groups excluding carboxylic acids is 4. The van der Waals surface area contributed by atoms with E-state index in [2.05, 4.69) is 55.4 Å². The van der Waals surface area contributed by atoms with Crippen molar-refractivity contribution in [3.63, 3.8) is 0 Å². The van der Waals surface area contributed by atoms with Crippen LogP contribution in [-0.4, -0.2) is 96.7 Å². The zero-order valence-corrected chi connectivity index (χ0v) is 61.3. The van der Waals surface area contributed by atoms with E-state index in [-0.39, 0.29) is 25.7 Å². The average Bonchev–Trinajstić information content (AvgIpc) is 3.61. The summed E-state index contributed by atoms with van der Waals surface area (Å²) < 4.78 is 68.3. The molecule has 0 amide bonds. The SMILES string of the molecule is CCC(C)CCCCCCCCCCCCCCCCC(=O)O[C@H](COC(=O)CCCCCCCCCC(C)C)COP(=O)(O)OC[C@@H](O)COP(=O)(O)OC[C@@H](COC(=O)CCCCCCCCC(C)C)OC(=O)CCCCCCCCCCCCCC(C)C. The van der Waals surface area contributed by atoms with E-state index in [1.807, 2.05) is 0 Å². The maximum absolute atomic E-state index is 13.0. The molecule has 0 saturated heterocycles. The summed E-state index contributed by atoms with van der Waals surface area (Å²) in [6.45, 7) is 14.1. The van der Waals surface area contributed by atoms with Crippen LogP contribution in [-0.2, 0) is 65.4 Å². The van der Waals surface area contributed by atoms with E-state index < -0.39 is 97.5 Å². The van der Waals surface area contributed by atoms with Crippen LogP contribution in [0.2, 0.25) is 0 Å². The van der Waals surface area contributed by atoms with Gasteiger partial charge in [0, 0.05) is 25.7 Å². The molecule has 0 spiro atoms. The number of hydrogen-bond acceptors (Lipinski definition) is 15. The van der Waals surface area contributed by atoms with E-state index in [4.69, 9.17) is 37.0 Å². The van der Waals surface area contributed by atoms with Crippen LogP contribution in [0.1, 0.15) is 357 Å². The van der Waals surface area contributed by atoms with Gasteiger partial charge in [-0.3, -0.25) is 37.3 Å². The summed E-state index contributed by atoms with van der Waals surface area (Å²) in [4.78, 5) is 72.6. The van der Waals surface area contributed by atoms with Gasteiger partial charge < -0.3 is 33.8 Å². The van der Waals surface area contributed by atoms with E-state index in [9.17, 15) is 43.2 Å². The Morgan fingerprint density at radius 3 is 0.780 bits per heavy atom. The first-order valence-electron chi connectivity index (χ1n) is 37.2. The monoisotopic (exact) mass is 1340 g/mol. The fourth-order valence-corrected chi connectivity index (χ4v) is 12.4. The Morgan fingerprint density at radius 2 is 0.527 bits per heavy atom. The van der Waals surface area contributed by atoms with Gasteiger partial charge in [-0.1, -0.05) is 306 Å². The van der Waals surface area contributed by atoms with Crippen LogP contribution in [0.15, 0.2) is 0 Å². The first-order valence-corrected chi connectivity index (χ1v) is 40.2. The minimum atomic E-state index is -4.95. The van der Waals surface area contributed by atoms with Crippen molar-refractivity contribution in [1.29, 1.82) is 0 Å². The van der Waals surface area contributed by atoms with Gasteiger partial charge in [-0.25, -0.2) is 9.13 Å². The highest BCUT2D eigenvalue weighted by Crippen LogP contribution is 2.45. The summed E-state index contributed by atoms with van der Waals surface area (Å²) in [7, 11) is -9.90. The third-order valence-electron chi connectivity index (χ3n) is 16.9. The topological polar surface area (TPSA) is 237 Å². The Bertz CT molecular complexity index is 1800. The standard InChI is InChI=1S/C72H140O17P2/c1-9-65(8)51-43-35-26-20-16-12-10-11-13-17-21-27-38-46-54-71(76)88-67(58-82-69(74)52-44-36-29-23-25-33-41-49-63(4)5)60-86-90(78,79)84-56-66(73)57-85-91(80,81)87-61-68(59-83-70(75)53-45-37-31-30-34-42-50-64(6)7)89-72(77)55-47-39-28-22-18-14-15-19-24-32-40-48-62(2)3/h62-68,73H,9-61H2,1-8H3,(H,78,79)(H,80,81)/t65?,66-,67-,68-/m1/s1. The fourth-order valence-electron chi connectivity index (χ4n) is 10.8. The van der Waals surface area contributed by atoms with Crippen LogP contribution < -0.4 is 0 Å². The Balaban J connectivity index is 5.21. The molecule has 0 bridgehead atoms. The maximum Gasteiger partial charge on any atom is 0.472 e. The predicted octanol–water partition coefficient (Wildman–Crippen LogP) is 20.5. The number of aliphatic hydroxyl groups is 1. The van der Waals surface area contributed by atoms with Crippen LogP contribution in [0, 0.1) is 23.7 Å². The van der Waals surface area contributed by atoms with E-state index in [0.717, 1.165) is 115 Å². The van der Waals surface area contributed by atoms with Gasteiger partial charge in [0.2, 0.25) is 0 Å². The molecule has 19 heteroatoms. The van der Waals surface area contributed by atoms with Crippen molar-refractivity contribution in [3.8, 4) is 0 Å². The number of carbonyl (C=O) groups is 4. The number of hydrogen-bond donors (Lipinski definition) is 3. The van der Waals surface area contributed by atoms with Crippen molar-refractivity contribution >= 4 is 39.5 Å². The lowest BCUT2D eigenvalue weighted by atomic mass is 9.99. The molecule has 0 fully saturated rings. The highest BCUT2D eigenvalue weighted by molar-refractivity contribution is 7.47. The van der Waals surface area contributed by atoms with E-state index in [0.29, 0.717) is 37.5 Å². The third kappa shape index (κ3) is 65.1. The molecule has 17 nitrogen and oxygen atoms in total. The van der Waals surface area contributed by atoms with Gasteiger partial charge in [0.1, 0.15) is 19.3 Å². The molecule has 540 valence electrons. The van der Waals surface area contributed by atoms with E-state index in [1.165, 1.54) is 148 Å². The number of aliphatic hydroxyl groups excluding tert-OH is 1. The smallest absolute Gasteiger partial charge is 0.462 e. The molecule has 3 N–H and O–H groups in total. The number of phosphoric ester groups is 2. The van der Waals surface area contributed by atoms with Gasteiger partial charge in [-0.05, 0) is 49.4 Å². The van der Waals surface area contributed by atoms with Crippen LogP contribution in [0.3, 0.4) is 0 Å². The first-order chi connectivity index (χ1) is 43.6. The molecule has 91 heavy (non-hydrogen) atoms. The summed E-state index contributed by atoms with van der Waals surface area (Å²) in [5.41, 5.74) is 0. The largest absolute Gasteiger partial charge is 0.472 e. The molecule has 0 aliphatic rings. The van der Waals surface area contributed by atoms with Crippen LogP contribution >= 0.6 is 15.6 Å². The molecule has 0 aromatic carbocycles. The van der Waals surface area contributed by atoms with Gasteiger partial charge in [0.15, 0.2) is 12.2 Å². The Morgan fingerprint density at radius 1 is 0.308 bits per heavy atom. The van der Waals surface area contributed by atoms with Crippen molar-refractivity contribution in [2.75, 3.05) is 39.6 Å². The van der Waals surface area contributed by atoms with Crippen molar-refractivity contribution in [1.82, 2.24) is 0 Å². The second kappa shape index (κ2) is 61.6. The molecule has 0 aliphatic heterocycles. The zero-order chi connectivity index (χ0) is 67.5. The highest BCUT2D eigenvalue weighted by atomic mass is 31.2. The molecule has 0 aromatic rings. The Kier molecular flexibility index (Phi) is 60.3. The lowest BCUT2D eigenvalue weighted by Gasteiger charge is -2.21. The summed E-state index contributed by atoms with van der Waals surface area (Å²) in [5.74, 6) is 0.866. The second-order valence-electron chi connectivity index (χ2n) is 27.6. The highest BCUT2D eigenvalue weighted by Gasteiger charge is 2.30. The minimum absolute atomic E-state index is 0.105. The van der Waals surface area contributed by atoms with Gasteiger partial charge in [0.05, 0.1) is 26.4 Å². The van der Waals surface area contributed by atoms with Gasteiger partial charge >= 0.3 is 39.5 Å². The quantitative estimate of drug-likeness (QED) is 0.0222. The van der Waals surface area contributed by atoms with Crippen molar-refractivity contribution in [3.05, 3.63) is 0 Å². The summed E-state index contributed by atoms with van der Waals surface area (Å²) >= 11 is 0. The molecule has 0 heterocycles. The van der Waals surface area contributed by atoms with Crippen LogP contribution in [0.4, 0.5) is 0 Å². The summed E-state index contributed by atoms with van der Waals surface area (Å²) in [6.07, 6.45) is 44.6. The van der Waals surface area contributed by atoms with Gasteiger partial charge in [-0.15, -0.1) is 0 Å². The number of ether oxygens (including phenoxy) is 4. The molecule has 6 atom stereocenters. The average molecular weight is 1340 g/mol. The molecular formula is C72H140O17P2. The van der Waals surface area contributed by atoms with E-state index in [1.54, 1.807) is 0 Å². The molecule has 0 radical (unpaired) electrons. The summed E-state index contributed by atoms with van der Waals surface area (Å²) in [5, 5.41) is 10.6. The lowest BCUT2D eigenvalue weighted by Crippen LogP contribution is -2.30. The molecular weight excluding hydrogens is 1200 g/mol. The van der Waals surface area contributed by atoms with Crippen molar-refractivity contribution in [2.45, 2.75) is 375 Å². The Labute approximate surface area is 556 Å². The second-order valence-corrected chi connectivity index (χ2v) is 30.6. The molecule has 0 rings (SSSR count). The lowest BCUT2D eigenvalue weighted by molar-refractivity contribution is -0.161. The van der Waals surface area contributed by atoms with Crippen molar-refractivity contribution < 1.29 is 80.2 Å². The van der Waals surface area contributed by atoms with Crippen molar-refractivity contribution in [2.24, 2.45) is 23.7 Å². The van der Waals surface area contributed by atoms with Crippen LogP contribution in [0.25, 0.3) is 0 Å².